The first-order valence-corrected chi connectivity index (χ1v) is 25.1. The number of halogens is 3. The van der Waals surface area contributed by atoms with Gasteiger partial charge in [-0.2, -0.15) is 13.2 Å². The van der Waals surface area contributed by atoms with Crippen LogP contribution < -0.4 is 87.6 Å². The van der Waals surface area contributed by atoms with Crippen LogP contribution in [0.4, 0.5) is 13.2 Å². The van der Waals surface area contributed by atoms with Gasteiger partial charge in [-0.3, -0.25) is 62.5 Å². The van der Waals surface area contributed by atoms with Crippen LogP contribution in [0, 0.1) is 0 Å². The maximum absolute atomic E-state index is 14.1. The number of guanidine groups is 1. The highest BCUT2D eigenvalue weighted by Crippen LogP contribution is 2.15. The van der Waals surface area contributed by atoms with Crippen molar-refractivity contribution in [2.75, 3.05) is 39.3 Å². The number of hydrogen-bond acceptors (Lipinski definition) is 18. The number of carbonyl (C=O) groups excluding carboxylic acids is 12. The van der Waals surface area contributed by atoms with Gasteiger partial charge in [0.2, 0.25) is 70.9 Å². The van der Waals surface area contributed by atoms with Crippen LogP contribution in [0.1, 0.15) is 85.0 Å². The van der Waals surface area contributed by atoms with E-state index in [0.29, 0.717) is 19.4 Å². The summed E-state index contributed by atoms with van der Waals surface area (Å²) in [5, 5.41) is 53.4. The zero-order chi connectivity index (χ0) is 61.3. The van der Waals surface area contributed by atoms with Crippen molar-refractivity contribution in [2.24, 2.45) is 39.4 Å². The smallest absolute Gasteiger partial charge is 0.394 e. The van der Waals surface area contributed by atoms with Crippen molar-refractivity contribution in [1.82, 2.24) is 53.2 Å². The van der Waals surface area contributed by atoms with E-state index in [1.165, 1.54) is 0 Å². The van der Waals surface area contributed by atoms with Gasteiger partial charge in [-0.25, -0.2) is 0 Å². The quantitative estimate of drug-likeness (QED) is 0.0118. The molecule has 12 amide bonds. The van der Waals surface area contributed by atoms with E-state index in [0.717, 1.165) is 20.8 Å². The number of primary amides is 2. The number of rotatable bonds is 39. The Labute approximate surface area is 457 Å². The largest absolute Gasteiger partial charge is 0.409 e. The molecule has 0 aliphatic rings. The highest BCUT2D eigenvalue weighted by atomic mass is 19.4. The average Bonchev–Trinajstić information content (AvgIpc) is 3.37. The summed E-state index contributed by atoms with van der Waals surface area (Å²) in [5.41, 5.74) is 32.5. The maximum atomic E-state index is 14.1. The van der Waals surface area contributed by atoms with Gasteiger partial charge in [-0.1, -0.05) is 6.42 Å². The molecular weight excluding hydrogens is 1080 g/mol. The van der Waals surface area contributed by atoms with E-state index < -0.39 is 164 Å². The first-order valence-electron chi connectivity index (χ1n) is 25.1. The third kappa shape index (κ3) is 31.6. The standard InChI is InChI=1S/C45H78F3N17O15/c1-22(59-43(80)35(24(3)68)65-40(77)28(12-13-30(51)69)61-37(74)25(50)9-4-6-16-49)36(73)60-27(11-8-18-56-44(53)54)38(75)62-26(10-5-7-17-55-32(71)14-15-45(46,47)48)39(76)63-29(21-66)41(78)64-34(23(2)67)42(79)58-20-33(72)57-19-31(52)70/h14-15,22-29,34-35,66-68H,4-13,16-21,49-50H2,1-3H3,(H2,51,69)(H2,52,70)(H,55,71)(H,57,72)(H,58,79)(H,59,80)(H,60,73)(H,61,74)(H,62,75)(H,63,76)(H,64,78)(H,65,77)(H4,53,54,56)/b15-14+/t22-,23+,24+,25-,26-,27-,28-,29-,34-,35-/m0/s1. The second-order valence-electron chi connectivity index (χ2n) is 18.1. The summed E-state index contributed by atoms with van der Waals surface area (Å²) in [5.74, 6) is -12.8. The van der Waals surface area contributed by atoms with Crippen LogP contribution in [0.15, 0.2) is 17.1 Å². The molecule has 0 aliphatic heterocycles. The Bertz CT molecular complexity index is 2170. The number of aliphatic hydroxyl groups excluding tert-OH is 3. The molecule has 0 radical (unpaired) electrons. The highest BCUT2D eigenvalue weighted by molar-refractivity contribution is 5.98. The monoisotopic (exact) mass is 1150 g/mol. The van der Waals surface area contributed by atoms with Crippen LogP contribution >= 0.6 is 0 Å². The molecule has 454 valence electrons. The number of unbranched alkanes of at least 4 members (excludes halogenated alkanes) is 2. The number of alkyl halides is 3. The van der Waals surface area contributed by atoms with E-state index in [2.05, 4.69) is 58.2 Å². The predicted octanol–water partition coefficient (Wildman–Crippen LogP) is -8.95. The van der Waals surface area contributed by atoms with Crippen LogP contribution in [0.5, 0.6) is 0 Å². The Morgan fingerprint density at radius 3 is 1.57 bits per heavy atom. The molecule has 32 nitrogen and oxygen atoms in total. The van der Waals surface area contributed by atoms with Gasteiger partial charge in [0, 0.05) is 31.7 Å². The number of nitrogens with one attached hydrogen (secondary N) is 10. The van der Waals surface area contributed by atoms with Gasteiger partial charge in [-0.05, 0) is 78.7 Å². The van der Waals surface area contributed by atoms with Gasteiger partial charge in [-0.15, -0.1) is 0 Å². The summed E-state index contributed by atoms with van der Waals surface area (Å²) in [6.45, 7) is 0.825. The SMILES string of the molecule is C[C@H](NC(=O)[C@@H](NC(=O)[C@H](CCC(N)=O)NC(=O)[C@@H](N)CCCCN)[C@@H](C)O)C(=O)N[C@@H](CCCN=C(N)N)C(=O)N[C@@H](CCCCNC(=O)/C=C/C(F)(F)F)C(=O)N[C@@H](CO)C(=O)N[C@H](C(=O)NCC(=O)NCC(N)=O)[C@@H](C)O. The Morgan fingerprint density at radius 1 is 0.550 bits per heavy atom. The third-order valence-electron chi connectivity index (χ3n) is 11.0. The molecule has 10 atom stereocenters. The molecule has 0 unspecified atom stereocenters. The summed E-state index contributed by atoms with van der Waals surface area (Å²) in [4.78, 5) is 158. The van der Waals surface area contributed by atoms with E-state index in [9.17, 15) is 86.0 Å². The Balaban J connectivity index is 6.66. The molecule has 0 saturated carbocycles. The van der Waals surface area contributed by atoms with E-state index in [-0.39, 0.29) is 76.1 Å². The van der Waals surface area contributed by atoms with Crippen molar-refractivity contribution in [2.45, 2.75) is 152 Å². The summed E-state index contributed by atoms with van der Waals surface area (Å²) >= 11 is 0. The van der Waals surface area contributed by atoms with Crippen LogP contribution in [-0.4, -0.2) is 198 Å². The Hall–Kier alpha value is -7.76. The van der Waals surface area contributed by atoms with Crippen molar-refractivity contribution >= 4 is 76.8 Å². The number of aliphatic imine (C=N–C) groups is 1. The van der Waals surface area contributed by atoms with E-state index in [4.69, 9.17) is 34.4 Å². The first kappa shape index (κ1) is 72.2. The van der Waals surface area contributed by atoms with Gasteiger partial charge in [0.05, 0.1) is 37.9 Å². The molecule has 0 bridgehead atoms. The lowest BCUT2D eigenvalue weighted by Gasteiger charge is -2.28. The summed E-state index contributed by atoms with van der Waals surface area (Å²) in [7, 11) is 0. The average molecular weight is 1150 g/mol. The summed E-state index contributed by atoms with van der Waals surface area (Å²) < 4.78 is 37.7. The number of allylic oxidation sites excluding steroid dienone is 1. The molecule has 0 aromatic heterocycles. The first-order chi connectivity index (χ1) is 37.3. The molecule has 0 aromatic rings. The van der Waals surface area contributed by atoms with E-state index in [1.807, 2.05) is 0 Å². The highest BCUT2D eigenvalue weighted by Gasteiger charge is 2.35. The molecule has 0 rings (SSSR count). The number of carbonyl (C=O) groups is 12. The normalized spacial score (nSPS) is 15.0. The van der Waals surface area contributed by atoms with E-state index >= 15 is 0 Å². The fourth-order valence-electron chi connectivity index (χ4n) is 6.68. The van der Waals surface area contributed by atoms with Crippen LogP contribution in [-0.2, 0) is 57.5 Å². The minimum atomic E-state index is -4.78. The van der Waals surface area contributed by atoms with Crippen molar-refractivity contribution in [1.29, 1.82) is 0 Å². The lowest BCUT2D eigenvalue weighted by Crippen LogP contribution is -2.61. The third-order valence-corrected chi connectivity index (χ3v) is 11.0. The Kier molecular flexibility index (Phi) is 34.3. The second-order valence-corrected chi connectivity index (χ2v) is 18.1. The van der Waals surface area contributed by atoms with Crippen LogP contribution in [0.25, 0.3) is 0 Å². The van der Waals surface area contributed by atoms with Crippen molar-refractivity contribution in [3.8, 4) is 0 Å². The van der Waals surface area contributed by atoms with Crippen molar-refractivity contribution in [3.05, 3.63) is 12.2 Å². The van der Waals surface area contributed by atoms with E-state index in [1.54, 1.807) is 0 Å². The zero-order valence-electron chi connectivity index (χ0n) is 44.5. The van der Waals surface area contributed by atoms with Gasteiger partial charge in [0.25, 0.3) is 0 Å². The molecule has 0 fully saturated rings. The van der Waals surface area contributed by atoms with Crippen LogP contribution in [0.2, 0.25) is 0 Å². The summed E-state index contributed by atoms with van der Waals surface area (Å²) in [6, 6.07) is -13.0. The fraction of sp³-hybridized carbons (Fsp3) is 0.667. The number of amides is 12. The molecule has 25 N–H and O–H groups in total. The van der Waals surface area contributed by atoms with Gasteiger partial charge >= 0.3 is 6.18 Å². The number of nitrogens with zero attached hydrogens (tertiary/aromatic N) is 1. The predicted molar refractivity (Wildman–Crippen MR) is 276 cm³/mol. The second kappa shape index (κ2) is 37.9. The summed E-state index contributed by atoms with van der Waals surface area (Å²) in [6.07, 6.45) is -8.44. The van der Waals surface area contributed by atoms with Gasteiger partial charge in [0.15, 0.2) is 5.96 Å². The molecule has 80 heavy (non-hydrogen) atoms. The molecule has 0 aromatic carbocycles. The number of aliphatic hydroxyl groups is 3. The molecular formula is C45H78F3N17O15. The molecule has 0 heterocycles. The molecule has 0 spiro atoms. The van der Waals surface area contributed by atoms with Crippen molar-refractivity contribution < 1.29 is 86.0 Å². The topological polar surface area (TPSA) is 554 Å². The lowest BCUT2D eigenvalue weighted by atomic mass is 10.0. The van der Waals surface area contributed by atoms with Crippen LogP contribution in [0.3, 0.4) is 0 Å². The molecule has 0 aliphatic carbocycles. The minimum absolute atomic E-state index is 0.0264. The van der Waals surface area contributed by atoms with Crippen molar-refractivity contribution in [3.63, 3.8) is 0 Å². The molecule has 0 saturated heterocycles. The number of hydrogen-bond donors (Lipinski definition) is 19. The van der Waals surface area contributed by atoms with Gasteiger partial charge in [0.1, 0.15) is 42.3 Å². The van der Waals surface area contributed by atoms with Gasteiger partial charge < -0.3 is 103 Å². The minimum Gasteiger partial charge on any atom is -0.394 e. The molecule has 35 heteroatoms. The fourth-order valence-corrected chi connectivity index (χ4v) is 6.68. The number of nitrogens with two attached hydrogens (primary N) is 6. The zero-order valence-corrected chi connectivity index (χ0v) is 44.5. The lowest BCUT2D eigenvalue weighted by molar-refractivity contribution is -0.137. The maximum Gasteiger partial charge on any atom is 0.409 e. The Morgan fingerprint density at radius 2 is 1.05 bits per heavy atom.